The van der Waals surface area contributed by atoms with Crippen LogP contribution in [0.3, 0.4) is 0 Å². The molecule has 0 saturated heterocycles. The molecule has 2 N–H and O–H groups in total. The molecule has 0 spiro atoms. The summed E-state index contributed by atoms with van der Waals surface area (Å²) in [5.74, 6) is -0.333. The van der Waals surface area contributed by atoms with Crippen LogP contribution in [0.1, 0.15) is 31.1 Å². The van der Waals surface area contributed by atoms with Crippen LogP contribution < -0.4 is 19.7 Å². The van der Waals surface area contributed by atoms with Gasteiger partial charge >= 0.3 is 0 Å². The van der Waals surface area contributed by atoms with Crippen LogP contribution in [-0.4, -0.2) is 45.2 Å². The van der Waals surface area contributed by atoms with Gasteiger partial charge in [-0.25, -0.2) is 8.42 Å². The first-order valence-electron chi connectivity index (χ1n) is 10.2. The third-order valence-corrected chi connectivity index (χ3v) is 6.58. The molecule has 2 aromatic rings. The van der Waals surface area contributed by atoms with E-state index in [4.69, 9.17) is 4.74 Å². The first kappa shape index (κ1) is 22.6. The molecule has 1 heterocycles. The quantitative estimate of drug-likeness (QED) is 0.682. The lowest BCUT2D eigenvalue weighted by molar-refractivity contribution is -0.122. The number of para-hydroxylation sites is 3. The van der Waals surface area contributed by atoms with Gasteiger partial charge in [-0.3, -0.25) is 13.9 Å². The van der Waals surface area contributed by atoms with Crippen molar-refractivity contribution < 1.29 is 22.7 Å². The van der Waals surface area contributed by atoms with Crippen molar-refractivity contribution in [1.82, 2.24) is 5.32 Å². The average Bonchev–Trinajstić information content (AvgIpc) is 2.76. The molecule has 0 aliphatic carbocycles. The Morgan fingerprint density at radius 3 is 2.52 bits per heavy atom. The molecule has 2 aromatic carbocycles. The molecular formula is C22H27N3O5S. The van der Waals surface area contributed by atoms with Crippen LogP contribution >= 0.6 is 0 Å². The number of hydrogen-bond acceptors (Lipinski definition) is 5. The molecule has 3 rings (SSSR count). The molecule has 9 heteroatoms. The summed E-state index contributed by atoms with van der Waals surface area (Å²) in [4.78, 5) is 25.5. The lowest BCUT2D eigenvalue weighted by atomic mass is 10.1. The van der Waals surface area contributed by atoms with Gasteiger partial charge in [-0.15, -0.1) is 0 Å². The minimum Gasteiger partial charge on any atom is -0.476 e. The van der Waals surface area contributed by atoms with Gasteiger partial charge < -0.3 is 15.4 Å². The van der Waals surface area contributed by atoms with Crippen molar-refractivity contribution in [1.29, 1.82) is 0 Å². The maximum atomic E-state index is 13.0. The number of carbonyl (C=O) groups is 2. The van der Waals surface area contributed by atoms with Crippen molar-refractivity contribution in [2.75, 3.05) is 28.5 Å². The number of sulfonamides is 1. The molecule has 31 heavy (non-hydrogen) atoms. The molecule has 8 nitrogen and oxygen atoms in total. The van der Waals surface area contributed by atoms with E-state index in [0.29, 0.717) is 29.2 Å². The highest BCUT2D eigenvalue weighted by molar-refractivity contribution is 7.92. The Labute approximate surface area is 182 Å². The number of hydrogen-bond donors (Lipinski definition) is 2. The molecule has 1 aliphatic rings. The third kappa shape index (κ3) is 5.16. The summed E-state index contributed by atoms with van der Waals surface area (Å²) in [5, 5.41) is 5.55. The van der Waals surface area contributed by atoms with Gasteiger partial charge in [0.1, 0.15) is 5.75 Å². The van der Waals surface area contributed by atoms with E-state index in [0.717, 1.165) is 0 Å². The molecule has 0 saturated carbocycles. The topological polar surface area (TPSA) is 105 Å². The second-order valence-corrected chi connectivity index (χ2v) is 9.83. The Kier molecular flexibility index (Phi) is 6.84. The minimum atomic E-state index is -3.60. The summed E-state index contributed by atoms with van der Waals surface area (Å²) >= 11 is 0. The first-order chi connectivity index (χ1) is 14.7. The molecule has 2 amide bonds. The van der Waals surface area contributed by atoms with Gasteiger partial charge in [0, 0.05) is 6.54 Å². The van der Waals surface area contributed by atoms with Crippen LogP contribution in [0, 0.1) is 5.92 Å². The van der Waals surface area contributed by atoms with Crippen LogP contribution in [0.15, 0.2) is 48.5 Å². The molecule has 0 fully saturated rings. The van der Waals surface area contributed by atoms with E-state index < -0.39 is 22.0 Å². The highest BCUT2D eigenvalue weighted by atomic mass is 32.2. The highest BCUT2D eigenvalue weighted by Crippen LogP contribution is 2.35. The van der Waals surface area contributed by atoms with E-state index in [9.17, 15) is 18.0 Å². The van der Waals surface area contributed by atoms with E-state index in [1.165, 1.54) is 4.31 Å². The Hall–Kier alpha value is -3.07. The van der Waals surface area contributed by atoms with Crippen molar-refractivity contribution in [2.24, 2.45) is 5.92 Å². The number of carbonyl (C=O) groups excluding carboxylic acids is 2. The molecular weight excluding hydrogens is 418 g/mol. The number of benzene rings is 2. The number of anilines is 2. The van der Waals surface area contributed by atoms with Gasteiger partial charge in [-0.1, -0.05) is 38.1 Å². The van der Waals surface area contributed by atoms with Crippen LogP contribution in [0.5, 0.6) is 5.75 Å². The van der Waals surface area contributed by atoms with E-state index in [1.807, 2.05) is 13.8 Å². The fourth-order valence-corrected chi connectivity index (χ4v) is 4.28. The Morgan fingerprint density at radius 2 is 1.81 bits per heavy atom. The van der Waals surface area contributed by atoms with Crippen molar-refractivity contribution in [3.8, 4) is 5.75 Å². The largest absolute Gasteiger partial charge is 0.476 e. The van der Waals surface area contributed by atoms with Crippen molar-refractivity contribution in [3.63, 3.8) is 0 Å². The highest BCUT2D eigenvalue weighted by Gasteiger charge is 2.36. The van der Waals surface area contributed by atoms with Crippen LogP contribution in [0.4, 0.5) is 11.4 Å². The Bertz CT molecular complexity index is 1070. The molecule has 1 atom stereocenters. The molecule has 0 unspecified atom stereocenters. The predicted octanol–water partition coefficient (Wildman–Crippen LogP) is 2.63. The summed E-state index contributed by atoms with van der Waals surface area (Å²) in [6.07, 6.45) is -1.07. The van der Waals surface area contributed by atoms with Gasteiger partial charge in [0.05, 0.1) is 29.2 Å². The van der Waals surface area contributed by atoms with E-state index in [1.54, 1.807) is 55.5 Å². The molecule has 0 bridgehead atoms. The fourth-order valence-electron chi connectivity index (χ4n) is 3.15. The van der Waals surface area contributed by atoms with E-state index >= 15 is 0 Å². The van der Waals surface area contributed by atoms with Crippen LogP contribution in [0.25, 0.3) is 0 Å². The second kappa shape index (κ2) is 9.38. The SMILES string of the molecule is CCS(=O)(=O)N1C[C@H](C(=O)Nc2ccccc2C(=O)NCC(C)C)Oc2ccccc21. The predicted molar refractivity (Wildman–Crippen MR) is 120 cm³/mol. The summed E-state index contributed by atoms with van der Waals surface area (Å²) in [7, 11) is -3.60. The zero-order valence-corrected chi connectivity index (χ0v) is 18.6. The minimum absolute atomic E-state index is 0.103. The number of nitrogens with one attached hydrogen (secondary N) is 2. The number of amides is 2. The van der Waals surface area contributed by atoms with Crippen molar-refractivity contribution >= 4 is 33.2 Å². The summed E-state index contributed by atoms with van der Waals surface area (Å²) in [6.45, 7) is 5.88. The molecule has 1 aliphatic heterocycles. The molecule has 0 aromatic heterocycles. The number of rotatable bonds is 7. The van der Waals surface area contributed by atoms with Gasteiger partial charge in [0.2, 0.25) is 10.0 Å². The lowest BCUT2D eigenvalue weighted by Crippen LogP contribution is -2.49. The smallest absolute Gasteiger partial charge is 0.267 e. The van der Waals surface area contributed by atoms with Gasteiger partial charge in [0.25, 0.3) is 11.8 Å². The average molecular weight is 446 g/mol. The Balaban J connectivity index is 1.83. The fraction of sp³-hybridized carbons (Fsp3) is 0.364. The van der Waals surface area contributed by atoms with Gasteiger partial charge in [-0.2, -0.15) is 0 Å². The number of nitrogens with zero attached hydrogens (tertiary/aromatic N) is 1. The Morgan fingerprint density at radius 1 is 1.13 bits per heavy atom. The van der Waals surface area contributed by atoms with Crippen LogP contribution in [0.2, 0.25) is 0 Å². The normalized spacial score (nSPS) is 15.7. The zero-order valence-electron chi connectivity index (χ0n) is 17.8. The number of fused-ring (bicyclic) bond motifs is 1. The molecule has 0 radical (unpaired) electrons. The maximum Gasteiger partial charge on any atom is 0.267 e. The molecule has 166 valence electrons. The standard InChI is InChI=1S/C22H27N3O5S/c1-4-31(28,29)25-14-20(30-19-12-8-7-11-18(19)25)22(27)24-17-10-6-5-9-16(17)21(26)23-13-15(2)3/h5-12,15,20H,4,13-14H2,1-3H3,(H,23,26)(H,24,27)/t20-/m1/s1. The van der Waals surface area contributed by atoms with E-state index in [-0.39, 0.29) is 24.1 Å². The third-order valence-electron chi connectivity index (χ3n) is 4.83. The van der Waals surface area contributed by atoms with Crippen molar-refractivity contribution in [3.05, 3.63) is 54.1 Å². The monoisotopic (exact) mass is 445 g/mol. The first-order valence-corrected chi connectivity index (χ1v) is 11.8. The number of ether oxygens (including phenoxy) is 1. The second-order valence-electron chi connectivity index (χ2n) is 7.64. The summed E-state index contributed by atoms with van der Waals surface area (Å²) in [6, 6.07) is 13.4. The van der Waals surface area contributed by atoms with Gasteiger partial charge in [0.15, 0.2) is 6.10 Å². The van der Waals surface area contributed by atoms with E-state index in [2.05, 4.69) is 10.6 Å². The van der Waals surface area contributed by atoms with Crippen molar-refractivity contribution in [2.45, 2.75) is 26.9 Å². The maximum absolute atomic E-state index is 13.0. The zero-order chi connectivity index (χ0) is 22.6. The lowest BCUT2D eigenvalue weighted by Gasteiger charge is -2.34. The summed E-state index contributed by atoms with van der Waals surface area (Å²) < 4.78 is 32.2. The summed E-state index contributed by atoms with van der Waals surface area (Å²) in [5.41, 5.74) is 1.06. The van der Waals surface area contributed by atoms with Gasteiger partial charge in [-0.05, 0) is 37.1 Å². The van der Waals surface area contributed by atoms with Crippen LogP contribution in [-0.2, 0) is 14.8 Å².